The zero-order chi connectivity index (χ0) is 8.10. The number of ether oxygens (including phenoxy) is 1. The summed E-state index contributed by atoms with van der Waals surface area (Å²) in [5.74, 6) is 0.926. The number of hydrogen-bond acceptors (Lipinski definition) is 2. The zero-order valence-electron chi connectivity index (χ0n) is 7.60. The molecule has 0 bridgehead atoms. The molecular formula is C9H19NO. The Morgan fingerprint density at radius 1 is 1.55 bits per heavy atom. The lowest BCUT2D eigenvalue weighted by molar-refractivity contribution is 0.151. The fourth-order valence-corrected chi connectivity index (χ4v) is 1.70. The highest BCUT2D eigenvalue weighted by Gasteiger charge is 2.25. The fraction of sp³-hybridized carbons (Fsp3) is 1.00. The first kappa shape index (κ1) is 9.01. The van der Waals surface area contributed by atoms with E-state index in [4.69, 9.17) is 4.74 Å². The monoisotopic (exact) mass is 157 g/mol. The van der Waals surface area contributed by atoms with Crippen molar-refractivity contribution in [2.45, 2.75) is 31.7 Å². The van der Waals surface area contributed by atoms with Crippen LogP contribution < -0.4 is 5.32 Å². The Kier molecular flexibility index (Phi) is 3.87. The molecular weight excluding hydrogens is 138 g/mol. The van der Waals surface area contributed by atoms with Gasteiger partial charge in [0, 0.05) is 19.8 Å². The molecule has 66 valence electrons. The van der Waals surface area contributed by atoms with Crippen molar-refractivity contribution in [2.24, 2.45) is 5.92 Å². The van der Waals surface area contributed by atoms with E-state index in [1.807, 2.05) is 0 Å². The third-order valence-electron chi connectivity index (χ3n) is 2.72. The van der Waals surface area contributed by atoms with Crippen LogP contribution in [0.2, 0.25) is 0 Å². The summed E-state index contributed by atoms with van der Waals surface area (Å²) in [7, 11) is 3.83. The third-order valence-corrected chi connectivity index (χ3v) is 2.72. The Bertz CT molecular complexity index is 102. The van der Waals surface area contributed by atoms with Crippen molar-refractivity contribution in [1.29, 1.82) is 0 Å². The summed E-state index contributed by atoms with van der Waals surface area (Å²) in [6, 6.07) is 0.698. The molecule has 0 heterocycles. The van der Waals surface area contributed by atoms with Gasteiger partial charge < -0.3 is 10.1 Å². The molecule has 2 heteroatoms. The van der Waals surface area contributed by atoms with E-state index >= 15 is 0 Å². The molecule has 1 fully saturated rings. The smallest absolute Gasteiger partial charge is 0.0477 e. The van der Waals surface area contributed by atoms with Gasteiger partial charge in [0.15, 0.2) is 0 Å². The number of hydrogen-bond donors (Lipinski definition) is 1. The molecule has 1 N–H and O–H groups in total. The van der Waals surface area contributed by atoms with Crippen molar-refractivity contribution in [3.8, 4) is 0 Å². The molecule has 0 aromatic heterocycles. The van der Waals surface area contributed by atoms with E-state index in [0.29, 0.717) is 6.04 Å². The number of methoxy groups -OCH3 is 1. The number of rotatable bonds is 5. The van der Waals surface area contributed by atoms with Crippen LogP contribution in [0, 0.1) is 5.92 Å². The van der Waals surface area contributed by atoms with Gasteiger partial charge in [0.2, 0.25) is 0 Å². The van der Waals surface area contributed by atoms with Gasteiger partial charge in [-0.25, -0.2) is 0 Å². The van der Waals surface area contributed by atoms with Crippen molar-refractivity contribution < 1.29 is 4.74 Å². The molecule has 0 aromatic carbocycles. The third kappa shape index (κ3) is 2.46. The Morgan fingerprint density at radius 2 is 2.27 bits per heavy atom. The van der Waals surface area contributed by atoms with Crippen LogP contribution in [-0.4, -0.2) is 26.8 Å². The summed E-state index contributed by atoms with van der Waals surface area (Å²) < 4.78 is 5.05. The van der Waals surface area contributed by atoms with Crippen molar-refractivity contribution in [2.75, 3.05) is 20.8 Å². The molecule has 1 saturated carbocycles. The van der Waals surface area contributed by atoms with Crippen LogP contribution >= 0.6 is 0 Å². The SMILES string of the molecule is CNC(CCOC)C1CCC1. The highest BCUT2D eigenvalue weighted by molar-refractivity contribution is 4.81. The molecule has 0 aliphatic heterocycles. The first-order valence-electron chi connectivity index (χ1n) is 4.54. The van der Waals surface area contributed by atoms with Crippen molar-refractivity contribution in [3.05, 3.63) is 0 Å². The molecule has 2 nitrogen and oxygen atoms in total. The van der Waals surface area contributed by atoms with Crippen LogP contribution in [0.1, 0.15) is 25.7 Å². The largest absolute Gasteiger partial charge is 0.385 e. The van der Waals surface area contributed by atoms with Crippen LogP contribution in [0.3, 0.4) is 0 Å². The van der Waals surface area contributed by atoms with Gasteiger partial charge in [-0.1, -0.05) is 6.42 Å². The molecule has 0 radical (unpaired) electrons. The zero-order valence-corrected chi connectivity index (χ0v) is 7.60. The van der Waals surface area contributed by atoms with Gasteiger partial charge in [-0.05, 0) is 32.2 Å². The van der Waals surface area contributed by atoms with E-state index in [1.54, 1.807) is 7.11 Å². The average Bonchev–Trinajstić information content (AvgIpc) is 1.93. The van der Waals surface area contributed by atoms with Gasteiger partial charge in [-0.2, -0.15) is 0 Å². The minimum Gasteiger partial charge on any atom is -0.385 e. The van der Waals surface area contributed by atoms with E-state index in [9.17, 15) is 0 Å². The lowest BCUT2D eigenvalue weighted by atomic mass is 9.79. The summed E-state index contributed by atoms with van der Waals surface area (Å²) in [4.78, 5) is 0. The lowest BCUT2D eigenvalue weighted by Gasteiger charge is -2.33. The molecule has 1 atom stereocenters. The topological polar surface area (TPSA) is 21.3 Å². The highest BCUT2D eigenvalue weighted by Crippen LogP contribution is 2.30. The quantitative estimate of drug-likeness (QED) is 0.651. The second-order valence-corrected chi connectivity index (χ2v) is 3.37. The predicted octanol–water partition coefficient (Wildman–Crippen LogP) is 1.41. The second-order valence-electron chi connectivity index (χ2n) is 3.37. The molecule has 1 aliphatic carbocycles. The average molecular weight is 157 g/mol. The minimum atomic E-state index is 0.698. The van der Waals surface area contributed by atoms with E-state index in [1.165, 1.54) is 19.3 Å². The van der Waals surface area contributed by atoms with Crippen LogP contribution in [0.5, 0.6) is 0 Å². The number of nitrogens with one attached hydrogen (secondary N) is 1. The Balaban J connectivity index is 2.13. The van der Waals surface area contributed by atoms with Gasteiger partial charge in [0.05, 0.1) is 0 Å². The fourth-order valence-electron chi connectivity index (χ4n) is 1.70. The Labute approximate surface area is 69.3 Å². The van der Waals surface area contributed by atoms with E-state index in [0.717, 1.165) is 18.9 Å². The van der Waals surface area contributed by atoms with Gasteiger partial charge in [-0.15, -0.1) is 0 Å². The first-order chi connectivity index (χ1) is 5.38. The normalized spacial score (nSPS) is 21.3. The van der Waals surface area contributed by atoms with Crippen LogP contribution in [-0.2, 0) is 4.74 Å². The summed E-state index contributed by atoms with van der Waals surface area (Å²) in [5.41, 5.74) is 0. The molecule has 11 heavy (non-hydrogen) atoms. The summed E-state index contributed by atoms with van der Waals surface area (Å²) in [6.45, 7) is 0.891. The maximum atomic E-state index is 5.05. The lowest BCUT2D eigenvalue weighted by Crippen LogP contribution is -2.38. The van der Waals surface area contributed by atoms with E-state index < -0.39 is 0 Å². The minimum absolute atomic E-state index is 0.698. The summed E-state index contributed by atoms with van der Waals surface area (Å²) in [5, 5.41) is 3.36. The molecule has 1 rings (SSSR count). The van der Waals surface area contributed by atoms with Gasteiger partial charge in [-0.3, -0.25) is 0 Å². The maximum Gasteiger partial charge on any atom is 0.0477 e. The molecule has 0 amide bonds. The van der Waals surface area contributed by atoms with E-state index in [-0.39, 0.29) is 0 Å². The van der Waals surface area contributed by atoms with Gasteiger partial charge in [0.1, 0.15) is 0 Å². The summed E-state index contributed by atoms with van der Waals surface area (Å²) >= 11 is 0. The molecule has 1 aliphatic rings. The van der Waals surface area contributed by atoms with Crippen LogP contribution in [0.25, 0.3) is 0 Å². The van der Waals surface area contributed by atoms with Crippen LogP contribution in [0.4, 0.5) is 0 Å². The molecule has 0 aromatic rings. The molecule has 0 spiro atoms. The molecule has 0 saturated heterocycles. The van der Waals surface area contributed by atoms with Gasteiger partial charge in [0.25, 0.3) is 0 Å². The second kappa shape index (κ2) is 4.73. The van der Waals surface area contributed by atoms with Crippen molar-refractivity contribution >= 4 is 0 Å². The van der Waals surface area contributed by atoms with Crippen molar-refractivity contribution in [3.63, 3.8) is 0 Å². The molecule has 1 unspecified atom stereocenters. The highest BCUT2D eigenvalue weighted by atomic mass is 16.5. The van der Waals surface area contributed by atoms with Crippen LogP contribution in [0.15, 0.2) is 0 Å². The predicted molar refractivity (Wildman–Crippen MR) is 46.7 cm³/mol. The first-order valence-corrected chi connectivity index (χ1v) is 4.54. The van der Waals surface area contributed by atoms with Crippen molar-refractivity contribution in [1.82, 2.24) is 5.32 Å². The summed E-state index contributed by atoms with van der Waals surface area (Å²) in [6.07, 6.45) is 5.41. The Morgan fingerprint density at radius 3 is 2.64 bits per heavy atom. The standard InChI is InChI=1S/C9H19NO/c1-10-9(6-7-11-2)8-4-3-5-8/h8-10H,3-7H2,1-2H3. The van der Waals surface area contributed by atoms with E-state index in [2.05, 4.69) is 12.4 Å². The Hall–Kier alpha value is -0.0800. The maximum absolute atomic E-state index is 5.05. The van der Waals surface area contributed by atoms with Gasteiger partial charge >= 0.3 is 0 Å².